The maximum Gasteiger partial charge on any atom is 0.159 e. The summed E-state index contributed by atoms with van der Waals surface area (Å²) in [6, 6.07) is 80.2. The second-order valence-corrected chi connectivity index (χ2v) is 28.4. The molecule has 0 atom stereocenters. The van der Waals surface area contributed by atoms with E-state index in [2.05, 4.69) is 230 Å². The number of aryl methyl sites for hydroxylation is 2. The minimum atomic E-state index is 0.440. The molecule has 2 aromatic heterocycles. The second-order valence-electron chi connectivity index (χ2n) is 28.4. The number of hydrogen-bond donors (Lipinski definition) is 0. The number of fused-ring (bicyclic) bond motifs is 6. The van der Waals surface area contributed by atoms with Crippen LogP contribution in [-0.2, 0) is 12.8 Å². The van der Waals surface area contributed by atoms with E-state index < -0.39 is 0 Å². The van der Waals surface area contributed by atoms with Crippen molar-refractivity contribution in [2.24, 2.45) is 0 Å². The number of hydrogen-bond acceptors (Lipinski definition) is 4. The van der Waals surface area contributed by atoms with Crippen LogP contribution in [-0.4, -0.2) is 0 Å². The highest BCUT2D eigenvalue weighted by atomic mass is 16.3. The van der Waals surface area contributed by atoms with Crippen LogP contribution in [0.3, 0.4) is 0 Å². The quantitative estimate of drug-likeness (QED) is 0.102. The molecule has 0 unspecified atom stereocenters. The fourth-order valence-corrected chi connectivity index (χ4v) is 18.6. The zero-order valence-electron chi connectivity index (χ0n) is 54.8. The van der Waals surface area contributed by atoms with Crippen LogP contribution >= 0.6 is 0 Å². The van der Waals surface area contributed by atoms with Gasteiger partial charge in [-0.15, -0.1) is 0 Å². The zero-order chi connectivity index (χ0) is 62.4. The van der Waals surface area contributed by atoms with Gasteiger partial charge in [-0.2, -0.15) is 0 Å². The van der Waals surface area contributed by atoms with Crippen LogP contribution in [0.4, 0.5) is 34.1 Å². The molecule has 0 aliphatic heterocycles. The summed E-state index contributed by atoms with van der Waals surface area (Å²) < 4.78 is 15.1. The molecule has 14 aromatic rings. The van der Waals surface area contributed by atoms with E-state index in [4.69, 9.17) is 8.83 Å². The Hall–Kier alpha value is -9.12. The van der Waals surface area contributed by atoms with Gasteiger partial charge >= 0.3 is 0 Å². The van der Waals surface area contributed by atoms with E-state index in [1.165, 1.54) is 204 Å². The molecule has 0 bridgehead atoms. The lowest BCUT2D eigenvalue weighted by Crippen LogP contribution is -2.14. The molecule has 0 spiro atoms. The summed E-state index contributed by atoms with van der Waals surface area (Å²) in [7, 11) is 0. The molecular weight excluding hydrogens is 1140 g/mol. The van der Waals surface area contributed by atoms with Crippen LogP contribution in [0.15, 0.2) is 215 Å². The van der Waals surface area contributed by atoms with Crippen molar-refractivity contribution in [3.05, 3.63) is 240 Å². The summed E-state index contributed by atoms with van der Waals surface area (Å²) in [4.78, 5) is 5.24. The van der Waals surface area contributed by atoms with Crippen molar-refractivity contribution < 1.29 is 8.83 Å². The molecule has 4 aliphatic carbocycles. The van der Waals surface area contributed by atoms with Gasteiger partial charge in [0.2, 0.25) is 0 Å². The minimum absolute atomic E-state index is 0.440. The number of benzene rings is 12. The molecule has 466 valence electrons. The highest BCUT2D eigenvalue weighted by molar-refractivity contribution is 6.30. The summed E-state index contributed by atoms with van der Waals surface area (Å²) in [6.07, 6.45) is 24.6. The number of rotatable bonds is 14. The predicted molar refractivity (Wildman–Crippen MR) is 398 cm³/mol. The van der Waals surface area contributed by atoms with Crippen LogP contribution in [0.5, 0.6) is 0 Å². The molecule has 0 saturated heterocycles. The van der Waals surface area contributed by atoms with E-state index in [0.29, 0.717) is 23.7 Å². The Morgan fingerprint density at radius 3 is 1.03 bits per heavy atom. The standard InChI is InChI=1S/C90H84N2O2/c1-3-57-23-15-17-33-67(57)71-35-19-37-73-75-39-21-41-81(89(75)93-87(71)73)91(65-47-43-61(44-48-65)59-25-7-5-8-26-59)83-55-79(63-29-11-12-30-63)69-52-54-78-84(56-80(64-31-13-14-32-64)70-51-53-77(83)85(69)86(70)78)92(66-49-45-62(46-50-66)60-27-9-6-10-28-60)82-42-22-40-76-74-38-20-36-72(88(74)94-90(76)82)68-34-18-16-24-58(68)4-2/h15-24,33-56,59-60,63-64H,3-14,25-32H2,1-2H3. The maximum absolute atomic E-state index is 7.54. The van der Waals surface area contributed by atoms with Gasteiger partial charge < -0.3 is 18.6 Å². The Morgan fingerprint density at radius 1 is 0.287 bits per heavy atom. The van der Waals surface area contributed by atoms with Crippen molar-refractivity contribution in [3.8, 4) is 22.3 Å². The van der Waals surface area contributed by atoms with Crippen LogP contribution < -0.4 is 9.80 Å². The molecular formula is C90H84N2O2. The monoisotopic (exact) mass is 1220 g/mol. The molecule has 94 heavy (non-hydrogen) atoms. The van der Waals surface area contributed by atoms with Crippen molar-refractivity contribution in [1.82, 2.24) is 0 Å². The number of anilines is 6. The van der Waals surface area contributed by atoms with Gasteiger partial charge in [0, 0.05) is 54.8 Å². The molecule has 12 aromatic carbocycles. The highest BCUT2D eigenvalue weighted by Gasteiger charge is 2.33. The van der Waals surface area contributed by atoms with Crippen LogP contribution in [0.1, 0.15) is 186 Å². The van der Waals surface area contributed by atoms with Gasteiger partial charge in [-0.1, -0.05) is 236 Å². The third kappa shape index (κ3) is 9.58. The van der Waals surface area contributed by atoms with E-state index in [9.17, 15) is 0 Å². The van der Waals surface area contributed by atoms with Gasteiger partial charge in [-0.3, -0.25) is 0 Å². The third-order valence-corrected chi connectivity index (χ3v) is 23.3. The van der Waals surface area contributed by atoms with Gasteiger partial charge in [-0.25, -0.2) is 0 Å². The summed E-state index contributed by atoms with van der Waals surface area (Å²) >= 11 is 0. The average molecular weight is 1230 g/mol. The lowest BCUT2D eigenvalue weighted by Gasteiger charge is -2.32. The van der Waals surface area contributed by atoms with E-state index in [-0.39, 0.29) is 0 Å². The lowest BCUT2D eigenvalue weighted by molar-refractivity contribution is 0.443. The van der Waals surface area contributed by atoms with Crippen molar-refractivity contribution >= 4 is 110 Å². The predicted octanol–water partition coefficient (Wildman–Crippen LogP) is 27.2. The van der Waals surface area contributed by atoms with Crippen molar-refractivity contribution in [2.75, 3.05) is 9.80 Å². The first-order valence-corrected chi connectivity index (χ1v) is 36.2. The fraction of sp³-hybridized carbons (Fsp3) is 0.289. The Bertz CT molecular complexity index is 4830. The fourth-order valence-electron chi connectivity index (χ4n) is 18.6. The Kier molecular flexibility index (Phi) is 14.7. The smallest absolute Gasteiger partial charge is 0.159 e. The molecule has 4 aliphatic rings. The summed E-state index contributed by atoms with van der Waals surface area (Å²) in [5, 5.41) is 12.7. The molecule has 4 saturated carbocycles. The van der Waals surface area contributed by atoms with E-state index in [0.717, 1.165) is 90.6 Å². The average Bonchev–Trinajstić information content (AvgIpc) is 0.776. The number of furan rings is 2. The number of para-hydroxylation sites is 4. The van der Waals surface area contributed by atoms with Gasteiger partial charge in [0.15, 0.2) is 11.2 Å². The summed E-state index contributed by atoms with van der Waals surface area (Å²) in [6.45, 7) is 4.52. The lowest BCUT2D eigenvalue weighted by atomic mass is 9.82. The van der Waals surface area contributed by atoms with Crippen molar-refractivity contribution in [3.63, 3.8) is 0 Å². The van der Waals surface area contributed by atoms with Crippen molar-refractivity contribution in [2.45, 2.75) is 166 Å². The summed E-state index contributed by atoms with van der Waals surface area (Å²) in [5.41, 5.74) is 23.9. The largest absolute Gasteiger partial charge is 0.453 e. The number of nitrogens with zero attached hydrogens (tertiary/aromatic N) is 2. The first kappa shape index (κ1) is 57.5. The van der Waals surface area contributed by atoms with E-state index in [1.807, 2.05) is 0 Å². The zero-order valence-corrected chi connectivity index (χ0v) is 54.8. The maximum atomic E-state index is 7.54. The normalized spacial score (nSPS) is 16.4. The van der Waals surface area contributed by atoms with Gasteiger partial charge in [-0.05, 0) is 202 Å². The Morgan fingerprint density at radius 2 is 0.628 bits per heavy atom. The second kappa shape index (κ2) is 24.0. The first-order valence-electron chi connectivity index (χ1n) is 36.2. The van der Waals surface area contributed by atoms with E-state index >= 15 is 0 Å². The third-order valence-electron chi connectivity index (χ3n) is 23.3. The molecule has 0 amide bonds. The molecule has 18 rings (SSSR count). The molecule has 0 N–H and O–H groups in total. The molecule has 2 heterocycles. The van der Waals surface area contributed by atoms with Gasteiger partial charge in [0.05, 0.1) is 22.7 Å². The van der Waals surface area contributed by atoms with Crippen LogP contribution in [0, 0.1) is 0 Å². The van der Waals surface area contributed by atoms with Crippen molar-refractivity contribution in [1.29, 1.82) is 0 Å². The topological polar surface area (TPSA) is 32.8 Å². The van der Waals surface area contributed by atoms with Gasteiger partial charge in [0.1, 0.15) is 11.2 Å². The Labute approximate surface area is 553 Å². The van der Waals surface area contributed by atoms with Crippen LogP contribution in [0.25, 0.3) is 98.4 Å². The van der Waals surface area contributed by atoms with Gasteiger partial charge in [0.25, 0.3) is 0 Å². The molecule has 4 nitrogen and oxygen atoms in total. The SMILES string of the molecule is CCc1ccccc1-c1cccc2c1oc1c(N(c3ccc(C4CCCCC4)cc3)c3cc(C4CCCC4)c4ccc5c(N(c6ccc(C7CCCCC7)cc6)c6cccc7c6oc6c(-c8ccccc8CC)cccc67)cc(C6CCCC6)c6ccc3c4c65)cccc12. The first-order chi connectivity index (χ1) is 46.6. The minimum Gasteiger partial charge on any atom is -0.453 e. The molecule has 4 fully saturated rings. The molecule has 0 radical (unpaired) electrons. The Balaban J connectivity index is 0.917. The van der Waals surface area contributed by atoms with Crippen LogP contribution in [0.2, 0.25) is 0 Å². The molecule has 4 heteroatoms. The summed E-state index contributed by atoms with van der Waals surface area (Å²) in [5.74, 6) is 2.07. The highest BCUT2D eigenvalue weighted by Crippen LogP contribution is 2.56. The van der Waals surface area contributed by atoms with E-state index in [1.54, 1.807) is 0 Å².